The minimum absolute atomic E-state index is 0.349. The number of amides is 2. The molecule has 16 heteroatoms. The molecule has 2 aromatic rings. The summed E-state index contributed by atoms with van der Waals surface area (Å²) in [5.74, 6) is -2.40. The van der Waals surface area contributed by atoms with Gasteiger partial charge in [0, 0.05) is 30.1 Å². The van der Waals surface area contributed by atoms with Crippen molar-refractivity contribution in [3.63, 3.8) is 0 Å². The Kier molecular flexibility index (Phi) is 8.51. The summed E-state index contributed by atoms with van der Waals surface area (Å²) in [7, 11) is 1.19. The molecule has 0 spiro atoms. The Morgan fingerprint density at radius 2 is 1.85 bits per heavy atom. The molecule has 39 heavy (non-hydrogen) atoms. The number of halogens is 1. The lowest BCUT2D eigenvalue weighted by molar-refractivity contribution is -0.241. The number of ether oxygens (including phenoxy) is 4. The fraction of sp³-hybridized carbons (Fsp3) is 0.391. The van der Waals surface area contributed by atoms with Gasteiger partial charge in [-0.15, -0.1) is 0 Å². The van der Waals surface area contributed by atoms with Crippen molar-refractivity contribution in [2.45, 2.75) is 49.1 Å². The Balaban J connectivity index is 1.54. The zero-order valence-electron chi connectivity index (χ0n) is 20.2. The van der Waals surface area contributed by atoms with Gasteiger partial charge in [-0.2, -0.15) is 0 Å². The van der Waals surface area contributed by atoms with E-state index in [1.807, 2.05) is 4.98 Å². The summed E-state index contributed by atoms with van der Waals surface area (Å²) >= 11 is 5.84. The first-order chi connectivity index (χ1) is 18.5. The third-order valence-corrected chi connectivity index (χ3v) is 6.28. The lowest BCUT2D eigenvalue weighted by Gasteiger charge is -2.35. The molecule has 0 saturated carbocycles. The van der Waals surface area contributed by atoms with Gasteiger partial charge in [0.15, 0.2) is 18.1 Å². The quantitative estimate of drug-likeness (QED) is 0.203. The summed E-state index contributed by atoms with van der Waals surface area (Å²) < 4.78 is 22.9. The van der Waals surface area contributed by atoms with Gasteiger partial charge in [0.05, 0.1) is 0 Å². The van der Waals surface area contributed by atoms with Crippen LogP contribution < -0.4 is 22.3 Å². The van der Waals surface area contributed by atoms with Crippen molar-refractivity contribution < 1.29 is 43.9 Å². The Labute approximate surface area is 224 Å². The van der Waals surface area contributed by atoms with Crippen LogP contribution in [-0.2, 0) is 28.5 Å². The zero-order valence-corrected chi connectivity index (χ0v) is 20.9. The van der Waals surface area contributed by atoms with Crippen molar-refractivity contribution in [2.75, 3.05) is 12.4 Å². The van der Waals surface area contributed by atoms with Crippen LogP contribution in [0.5, 0.6) is 0 Å². The molecule has 2 aliphatic rings. The molecule has 1 aromatic heterocycles. The number of nitrogens with zero attached hydrogens (tertiary/aromatic N) is 1. The number of aliphatic hydroxyl groups excluding tert-OH is 3. The van der Waals surface area contributed by atoms with Crippen LogP contribution in [0.1, 0.15) is 6.23 Å². The summed E-state index contributed by atoms with van der Waals surface area (Å²) in [6.45, 7) is 0. The number of aromatic amines is 1. The second-order valence-electron chi connectivity index (χ2n) is 8.62. The van der Waals surface area contributed by atoms with E-state index in [1.165, 1.54) is 31.4 Å². The number of carbonyl (C=O) groups excluding carboxylic acids is 2. The molecule has 210 valence electrons. The topological polar surface area (TPSA) is 225 Å². The predicted molar refractivity (Wildman–Crippen MR) is 131 cm³/mol. The molecule has 7 N–H and O–H groups in total. The normalized spacial score (nSPS) is 29.3. The van der Waals surface area contributed by atoms with Gasteiger partial charge in [0.1, 0.15) is 30.5 Å². The molecular formula is C23H25ClN4O11. The van der Waals surface area contributed by atoms with E-state index in [0.29, 0.717) is 10.7 Å². The monoisotopic (exact) mass is 568 g/mol. The maximum absolute atomic E-state index is 12.7. The van der Waals surface area contributed by atoms with E-state index < -0.39 is 78.0 Å². The first-order valence-electron chi connectivity index (χ1n) is 11.4. The maximum Gasteiger partial charge on any atom is 0.330 e. The lowest BCUT2D eigenvalue weighted by Crippen LogP contribution is -2.53. The third-order valence-electron chi connectivity index (χ3n) is 6.03. The number of nitrogens with one attached hydrogen (secondary N) is 2. The predicted octanol–water partition coefficient (Wildman–Crippen LogP) is -2.07. The van der Waals surface area contributed by atoms with Gasteiger partial charge >= 0.3 is 5.69 Å². The molecule has 2 amide bonds. The number of carbonyl (C=O) groups is 2. The molecule has 2 aliphatic heterocycles. The second-order valence-corrected chi connectivity index (χ2v) is 9.05. The Morgan fingerprint density at radius 1 is 1.15 bits per heavy atom. The van der Waals surface area contributed by atoms with Crippen molar-refractivity contribution in [1.82, 2.24) is 9.55 Å². The Hall–Kier alpha value is -3.57. The Morgan fingerprint density at radius 3 is 2.46 bits per heavy atom. The fourth-order valence-corrected chi connectivity index (χ4v) is 4.24. The summed E-state index contributed by atoms with van der Waals surface area (Å²) in [5.41, 5.74) is 4.27. The number of benzene rings is 1. The number of aromatic nitrogens is 2. The van der Waals surface area contributed by atoms with Crippen LogP contribution in [0, 0.1) is 0 Å². The van der Waals surface area contributed by atoms with E-state index in [-0.39, 0.29) is 0 Å². The van der Waals surface area contributed by atoms with Crippen LogP contribution in [-0.4, -0.2) is 86.7 Å². The maximum atomic E-state index is 12.7. The van der Waals surface area contributed by atoms with Crippen LogP contribution in [0.2, 0.25) is 5.02 Å². The number of primary amides is 1. The molecule has 0 bridgehead atoms. The van der Waals surface area contributed by atoms with E-state index in [2.05, 4.69) is 5.32 Å². The molecule has 4 rings (SSSR count). The van der Waals surface area contributed by atoms with E-state index in [0.717, 1.165) is 22.9 Å². The van der Waals surface area contributed by atoms with Crippen molar-refractivity contribution in [3.8, 4) is 0 Å². The van der Waals surface area contributed by atoms with Gasteiger partial charge in [0.25, 0.3) is 11.5 Å². The van der Waals surface area contributed by atoms with Gasteiger partial charge < -0.3 is 45.3 Å². The largest absolute Gasteiger partial charge is 0.456 e. The number of nitrogens with two attached hydrogens (primary N) is 1. The van der Waals surface area contributed by atoms with E-state index >= 15 is 0 Å². The fourth-order valence-electron chi connectivity index (χ4n) is 4.11. The van der Waals surface area contributed by atoms with Gasteiger partial charge in [-0.25, -0.2) is 4.79 Å². The average molecular weight is 569 g/mol. The Bertz CT molecular complexity index is 1360. The molecule has 1 fully saturated rings. The van der Waals surface area contributed by atoms with Gasteiger partial charge in [0.2, 0.25) is 12.2 Å². The smallest absolute Gasteiger partial charge is 0.330 e. The van der Waals surface area contributed by atoms with E-state index in [1.54, 1.807) is 0 Å². The lowest BCUT2D eigenvalue weighted by atomic mass is 10.0. The van der Waals surface area contributed by atoms with Crippen LogP contribution in [0.3, 0.4) is 0 Å². The van der Waals surface area contributed by atoms with Crippen molar-refractivity contribution in [1.29, 1.82) is 0 Å². The first kappa shape index (κ1) is 28.4. The van der Waals surface area contributed by atoms with Crippen LogP contribution in [0.25, 0.3) is 0 Å². The van der Waals surface area contributed by atoms with Crippen molar-refractivity contribution >= 4 is 29.1 Å². The van der Waals surface area contributed by atoms with Crippen LogP contribution >= 0.6 is 11.6 Å². The SMILES string of the molecule is CO[C@H]1[C@@H](O)[C@H](n2ccc(=O)[nH]c2=O)O[C@@H]1[C@@H](O[C@H]1OC(C(=O)Nc2ccc(Cl)cc2)=C[C@H](O)[C@@H]1O)C(N)=O. The summed E-state index contributed by atoms with van der Waals surface area (Å²) in [6, 6.07) is 7.12. The van der Waals surface area contributed by atoms with Gasteiger partial charge in [-0.05, 0) is 30.3 Å². The molecule has 1 saturated heterocycles. The molecule has 15 nitrogen and oxygen atoms in total. The summed E-state index contributed by atoms with van der Waals surface area (Å²) in [6.07, 6.45) is -10.7. The molecule has 0 aliphatic carbocycles. The zero-order chi connectivity index (χ0) is 28.4. The minimum Gasteiger partial charge on any atom is -0.456 e. The minimum atomic E-state index is -1.80. The number of aliphatic hydroxyl groups is 3. The molecular weight excluding hydrogens is 544 g/mol. The summed E-state index contributed by atoms with van der Waals surface area (Å²) in [5, 5.41) is 34.5. The molecule has 3 heterocycles. The number of hydrogen-bond acceptors (Lipinski definition) is 11. The highest BCUT2D eigenvalue weighted by atomic mass is 35.5. The van der Waals surface area contributed by atoms with Crippen molar-refractivity contribution in [2.24, 2.45) is 5.73 Å². The van der Waals surface area contributed by atoms with Gasteiger partial charge in [-0.3, -0.25) is 23.9 Å². The van der Waals surface area contributed by atoms with Gasteiger partial charge in [-0.1, -0.05) is 11.6 Å². The number of anilines is 1. The summed E-state index contributed by atoms with van der Waals surface area (Å²) in [4.78, 5) is 50.8. The average Bonchev–Trinajstić information content (AvgIpc) is 3.21. The van der Waals surface area contributed by atoms with E-state index in [9.17, 15) is 34.5 Å². The highest BCUT2D eigenvalue weighted by Gasteiger charge is 2.52. The molecule has 8 atom stereocenters. The van der Waals surface area contributed by atoms with Crippen LogP contribution in [0.15, 0.2) is 58.0 Å². The highest BCUT2D eigenvalue weighted by molar-refractivity contribution is 6.30. The number of hydrogen-bond donors (Lipinski definition) is 6. The number of methoxy groups -OCH3 is 1. The molecule has 0 radical (unpaired) electrons. The van der Waals surface area contributed by atoms with Crippen LogP contribution in [0.4, 0.5) is 5.69 Å². The number of rotatable bonds is 8. The number of H-pyrrole nitrogens is 1. The molecule has 1 aromatic carbocycles. The molecule has 0 unspecified atom stereocenters. The highest BCUT2D eigenvalue weighted by Crippen LogP contribution is 2.34. The van der Waals surface area contributed by atoms with Crippen molar-refractivity contribution in [3.05, 3.63) is 74.2 Å². The standard InChI is InChI=1S/C23H25ClN4O11/c1-36-16-15(32)21(28-7-6-13(30)27-23(28)35)38-17(16)18(19(25)33)39-22-14(31)11(29)8-12(37-22)20(34)26-10-4-2-9(24)3-5-10/h2-8,11,14-18,21-22,29,31-32H,1H3,(H2,25,33)(H,26,34)(H,27,30,35)/t11-,14-,15+,16-,17-,18+,21+,22+/m0/s1. The second kappa shape index (κ2) is 11.7. The van der Waals surface area contributed by atoms with E-state index in [4.69, 9.17) is 36.3 Å². The third kappa shape index (κ3) is 6.04. The first-order valence-corrected chi connectivity index (χ1v) is 11.8.